The number of piperidine rings is 1. The first-order valence-corrected chi connectivity index (χ1v) is 17.1. The van der Waals surface area contributed by atoms with E-state index in [1.54, 1.807) is 18.4 Å². The van der Waals surface area contributed by atoms with Gasteiger partial charge < -0.3 is 25.2 Å². The number of para-hydroxylation sites is 1. The second-order valence-corrected chi connectivity index (χ2v) is 14.5. The van der Waals surface area contributed by atoms with E-state index in [1.165, 1.54) is 44.7 Å². The third-order valence-electron chi connectivity index (χ3n) is 8.40. The smallest absolute Gasteiger partial charge is 0.229 e. The van der Waals surface area contributed by atoms with Crippen LogP contribution in [0.5, 0.6) is 5.75 Å². The fraction of sp³-hybridized carbons (Fsp3) is 0.438. The van der Waals surface area contributed by atoms with E-state index in [0.29, 0.717) is 17.8 Å². The molecule has 0 saturated carbocycles. The van der Waals surface area contributed by atoms with Crippen LogP contribution in [0.4, 0.5) is 28.8 Å². The Morgan fingerprint density at radius 2 is 1.72 bits per heavy atom. The molecule has 2 fully saturated rings. The lowest BCUT2D eigenvalue weighted by atomic mass is 10.0. The number of benzene rings is 2. The van der Waals surface area contributed by atoms with Crippen LogP contribution in [0.3, 0.4) is 0 Å². The number of hydrogen-bond donors (Lipinski definition) is 2. The number of nitrogens with zero attached hydrogens (tertiary/aromatic N) is 5. The normalized spacial score (nSPS) is 17.8. The SMILES string of the molecule is COc1cc(N2CCC(N3CCN(C)CC3)CC2)ccc1Nc1nc(Nc2ccccc2S(=O)C(C)C)c2sccc2n1. The van der Waals surface area contributed by atoms with Gasteiger partial charge in [0.15, 0.2) is 5.82 Å². The molecular formula is C32H41N7O2S2. The number of hydrogen-bond acceptors (Lipinski definition) is 10. The second-order valence-electron chi connectivity index (χ2n) is 11.6. The van der Waals surface area contributed by atoms with Gasteiger partial charge in [-0.3, -0.25) is 9.11 Å². The summed E-state index contributed by atoms with van der Waals surface area (Å²) >= 11 is 1.58. The third-order valence-corrected chi connectivity index (χ3v) is 11.0. The van der Waals surface area contributed by atoms with E-state index in [9.17, 15) is 4.21 Å². The van der Waals surface area contributed by atoms with Gasteiger partial charge in [0.1, 0.15) is 5.75 Å². The average Bonchev–Trinajstić information content (AvgIpc) is 3.51. The summed E-state index contributed by atoms with van der Waals surface area (Å²) in [6, 6.07) is 16.7. The molecule has 2 aliphatic heterocycles. The van der Waals surface area contributed by atoms with Crippen LogP contribution in [0.15, 0.2) is 58.8 Å². The molecule has 43 heavy (non-hydrogen) atoms. The quantitative estimate of drug-likeness (QED) is 0.237. The van der Waals surface area contributed by atoms with Crippen molar-refractivity contribution in [3.05, 3.63) is 53.9 Å². The lowest BCUT2D eigenvalue weighted by Gasteiger charge is -2.42. The number of anilines is 5. The van der Waals surface area contributed by atoms with Crippen molar-refractivity contribution in [1.82, 2.24) is 19.8 Å². The van der Waals surface area contributed by atoms with Gasteiger partial charge in [0, 0.05) is 62.3 Å². The molecule has 0 radical (unpaired) electrons. The molecule has 0 amide bonds. The number of piperazine rings is 1. The fourth-order valence-corrected chi connectivity index (χ4v) is 7.74. The molecule has 2 saturated heterocycles. The molecule has 0 spiro atoms. The first-order valence-electron chi connectivity index (χ1n) is 15.0. The Labute approximate surface area is 260 Å². The van der Waals surface area contributed by atoms with Crippen molar-refractivity contribution in [2.24, 2.45) is 0 Å². The Bertz CT molecular complexity index is 1580. The highest BCUT2D eigenvalue weighted by atomic mass is 32.2. The van der Waals surface area contributed by atoms with Crippen molar-refractivity contribution in [2.45, 2.75) is 42.9 Å². The Kier molecular flexibility index (Phi) is 9.13. The van der Waals surface area contributed by atoms with Crippen LogP contribution in [0.2, 0.25) is 0 Å². The van der Waals surface area contributed by atoms with Gasteiger partial charge in [0.05, 0.1) is 44.4 Å². The summed E-state index contributed by atoms with van der Waals surface area (Å²) in [5, 5.41) is 8.87. The summed E-state index contributed by atoms with van der Waals surface area (Å²) in [6.07, 6.45) is 2.37. The molecule has 4 heterocycles. The molecule has 9 nitrogen and oxygen atoms in total. The van der Waals surface area contributed by atoms with Crippen LogP contribution in [-0.4, -0.2) is 88.7 Å². The monoisotopic (exact) mass is 619 g/mol. The summed E-state index contributed by atoms with van der Waals surface area (Å²) in [4.78, 5) is 18.0. The van der Waals surface area contributed by atoms with Crippen molar-refractivity contribution < 1.29 is 8.95 Å². The molecular weight excluding hydrogens is 579 g/mol. The van der Waals surface area contributed by atoms with Crippen molar-refractivity contribution in [2.75, 3.05) is 69.0 Å². The minimum atomic E-state index is -1.14. The lowest BCUT2D eigenvalue weighted by Crippen LogP contribution is -2.52. The van der Waals surface area contributed by atoms with Crippen LogP contribution in [0, 0.1) is 0 Å². The maximum absolute atomic E-state index is 13.0. The van der Waals surface area contributed by atoms with E-state index in [1.807, 2.05) is 49.6 Å². The molecule has 0 bridgehead atoms. The highest BCUT2D eigenvalue weighted by Crippen LogP contribution is 2.36. The van der Waals surface area contributed by atoms with Crippen molar-refractivity contribution in [3.63, 3.8) is 0 Å². The van der Waals surface area contributed by atoms with Gasteiger partial charge >= 0.3 is 0 Å². The number of rotatable bonds is 9. The molecule has 2 aliphatic rings. The van der Waals surface area contributed by atoms with Gasteiger partial charge in [-0.25, -0.2) is 4.98 Å². The van der Waals surface area contributed by atoms with Crippen LogP contribution in [0.25, 0.3) is 10.2 Å². The summed E-state index contributed by atoms with van der Waals surface area (Å²) < 4.78 is 19.8. The highest BCUT2D eigenvalue weighted by Gasteiger charge is 2.27. The van der Waals surface area contributed by atoms with Gasteiger partial charge in [0.25, 0.3) is 0 Å². The van der Waals surface area contributed by atoms with Crippen LogP contribution in [-0.2, 0) is 10.8 Å². The van der Waals surface area contributed by atoms with Crippen LogP contribution >= 0.6 is 11.3 Å². The second kappa shape index (κ2) is 13.2. The molecule has 2 N–H and O–H groups in total. The predicted octanol–water partition coefficient (Wildman–Crippen LogP) is 5.92. The zero-order valence-corrected chi connectivity index (χ0v) is 27.0. The topological polar surface area (TPSA) is 85.9 Å². The number of fused-ring (bicyclic) bond motifs is 1. The summed E-state index contributed by atoms with van der Waals surface area (Å²) in [6.45, 7) is 10.7. The van der Waals surface area contributed by atoms with Crippen molar-refractivity contribution in [1.29, 1.82) is 0 Å². The minimum Gasteiger partial charge on any atom is -0.494 e. The zero-order valence-electron chi connectivity index (χ0n) is 25.4. The van der Waals surface area contributed by atoms with Crippen molar-refractivity contribution in [3.8, 4) is 5.75 Å². The Hall–Kier alpha value is -3.25. The Balaban J connectivity index is 1.19. The fourth-order valence-electron chi connectivity index (χ4n) is 5.91. The molecule has 0 aliphatic carbocycles. The van der Waals surface area contributed by atoms with Crippen LogP contribution in [0.1, 0.15) is 26.7 Å². The maximum Gasteiger partial charge on any atom is 0.229 e. The van der Waals surface area contributed by atoms with E-state index >= 15 is 0 Å². The molecule has 2 aromatic heterocycles. The maximum atomic E-state index is 13.0. The Morgan fingerprint density at radius 3 is 2.47 bits per heavy atom. The van der Waals surface area contributed by atoms with Gasteiger partial charge in [-0.2, -0.15) is 4.98 Å². The first-order chi connectivity index (χ1) is 20.9. The molecule has 4 aromatic rings. The van der Waals surface area contributed by atoms with Gasteiger partial charge in [0.2, 0.25) is 5.95 Å². The zero-order chi connectivity index (χ0) is 29.9. The Morgan fingerprint density at radius 1 is 0.953 bits per heavy atom. The van der Waals surface area contributed by atoms with E-state index in [4.69, 9.17) is 14.7 Å². The van der Waals surface area contributed by atoms with Gasteiger partial charge in [-0.15, -0.1) is 11.3 Å². The van der Waals surface area contributed by atoms with Gasteiger partial charge in [-0.05, 0) is 55.6 Å². The number of likely N-dealkylation sites (N-methyl/N-ethyl adjacent to an activating group) is 1. The minimum absolute atomic E-state index is 0.00564. The van der Waals surface area contributed by atoms with E-state index in [2.05, 4.69) is 50.6 Å². The molecule has 11 heteroatoms. The summed E-state index contributed by atoms with van der Waals surface area (Å²) in [5.74, 6) is 1.89. The highest BCUT2D eigenvalue weighted by molar-refractivity contribution is 7.85. The summed E-state index contributed by atoms with van der Waals surface area (Å²) in [7, 11) is 2.78. The number of methoxy groups -OCH3 is 1. The van der Waals surface area contributed by atoms with Gasteiger partial charge in [-0.1, -0.05) is 26.0 Å². The predicted molar refractivity (Wildman–Crippen MR) is 179 cm³/mol. The standard InChI is InChI=1S/C32H41N7O2S2/c1-22(2)43(40)29-8-6-5-7-26(29)33-31-30-27(13-20-42-30)35-32(36-31)34-25-10-9-24(21-28(25)41-4)38-14-11-23(12-15-38)39-18-16-37(3)17-19-39/h5-10,13,20-23H,11-12,14-19H2,1-4H3,(H2,33,34,35,36). The molecule has 228 valence electrons. The first kappa shape index (κ1) is 29.8. The molecule has 1 unspecified atom stereocenters. The number of ether oxygens (including phenoxy) is 1. The van der Waals surface area contributed by atoms with E-state index < -0.39 is 10.8 Å². The molecule has 1 atom stereocenters. The van der Waals surface area contributed by atoms with E-state index in [0.717, 1.165) is 45.3 Å². The average molecular weight is 620 g/mol. The lowest BCUT2D eigenvalue weighted by molar-refractivity contribution is 0.0982. The third kappa shape index (κ3) is 6.64. The largest absolute Gasteiger partial charge is 0.494 e. The number of aromatic nitrogens is 2. The van der Waals surface area contributed by atoms with Crippen LogP contribution < -0.4 is 20.3 Å². The summed E-state index contributed by atoms with van der Waals surface area (Å²) in [5.41, 5.74) is 3.60. The molecule has 2 aromatic carbocycles. The number of thiophene rings is 1. The van der Waals surface area contributed by atoms with E-state index in [-0.39, 0.29) is 5.25 Å². The van der Waals surface area contributed by atoms with Crippen molar-refractivity contribution >= 4 is 61.2 Å². The number of nitrogens with one attached hydrogen (secondary N) is 2. The molecule has 6 rings (SSSR count).